The molecule has 1 aromatic carbocycles. The van der Waals surface area contributed by atoms with Crippen LogP contribution in [0.1, 0.15) is 38.2 Å². The van der Waals surface area contributed by atoms with Gasteiger partial charge in [-0.2, -0.15) is 0 Å². The number of aromatic nitrogens is 2. The Morgan fingerprint density at radius 2 is 2.12 bits per heavy atom. The van der Waals surface area contributed by atoms with Crippen molar-refractivity contribution in [2.75, 3.05) is 50.3 Å². The Morgan fingerprint density at radius 1 is 1.34 bits per heavy atom. The van der Waals surface area contributed by atoms with Gasteiger partial charge in [0.05, 0.1) is 68.3 Å². The molecule has 0 saturated carbocycles. The van der Waals surface area contributed by atoms with E-state index in [1.54, 1.807) is 19.5 Å². The molecule has 0 radical (unpaired) electrons. The van der Waals surface area contributed by atoms with Gasteiger partial charge >= 0.3 is 12.0 Å². The molecule has 32 heavy (non-hydrogen) atoms. The Bertz CT molecular complexity index is 877. The van der Waals surface area contributed by atoms with Crippen molar-refractivity contribution in [3.8, 4) is 6.01 Å². The fraction of sp³-hybridized carbons (Fsp3) is 0.522. The van der Waals surface area contributed by atoms with Gasteiger partial charge in [0.15, 0.2) is 0 Å². The third-order valence-electron chi connectivity index (χ3n) is 5.47. The average molecular weight is 445 g/mol. The van der Waals surface area contributed by atoms with Crippen molar-refractivity contribution < 1.29 is 24.1 Å². The molecule has 3 rings (SSSR count). The number of carbonyl (C=O) groups is 1. The number of hydrogen-bond donors (Lipinski definition) is 2. The molecule has 9 nitrogen and oxygen atoms in total. The van der Waals surface area contributed by atoms with Crippen LogP contribution in [0.2, 0.25) is 0 Å². The second-order valence-electron chi connectivity index (χ2n) is 7.67. The fourth-order valence-electron chi connectivity index (χ4n) is 3.89. The van der Waals surface area contributed by atoms with Crippen molar-refractivity contribution in [1.82, 2.24) is 9.97 Å². The minimum atomic E-state index is -0.857. The summed E-state index contributed by atoms with van der Waals surface area (Å²) in [6.45, 7) is 6.97. The van der Waals surface area contributed by atoms with Crippen molar-refractivity contribution in [3.05, 3.63) is 36.2 Å². The summed E-state index contributed by atoms with van der Waals surface area (Å²) >= 11 is 0. The first-order valence-electron chi connectivity index (χ1n) is 11.0. The maximum absolute atomic E-state index is 11.4. The lowest BCUT2D eigenvalue weighted by Gasteiger charge is -2.38. The molecule has 2 N–H and O–H groups in total. The number of rotatable bonds is 11. The van der Waals surface area contributed by atoms with Crippen LogP contribution in [-0.4, -0.2) is 67.2 Å². The molecule has 1 saturated heterocycles. The molecule has 0 bridgehead atoms. The Hall–Kier alpha value is -2.91. The molecule has 2 aromatic rings. The van der Waals surface area contributed by atoms with Crippen LogP contribution in [0.3, 0.4) is 0 Å². The Kier molecular flexibility index (Phi) is 8.64. The standard InChI is InChI=1S/C23H32N4O5/c1-4-19-15-31-9-8-27(19)21-7-6-16(17(14-30-3)11-22(28)29)10-20(21)26-18-12-24-23(25-13-18)32-5-2/h6-7,10,12-13,17,19,26H,4-5,8-9,11,14-15H2,1-3H3,(H,28,29)/t17-,19?/m0/s1. The normalized spacial score (nSPS) is 17.1. The van der Waals surface area contributed by atoms with Crippen LogP contribution in [0, 0.1) is 0 Å². The van der Waals surface area contributed by atoms with E-state index in [2.05, 4.69) is 27.1 Å². The molecule has 0 spiro atoms. The lowest BCUT2D eigenvalue weighted by molar-refractivity contribution is -0.137. The predicted octanol–water partition coefficient (Wildman–Crippen LogP) is 3.44. The van der Waals surface area contributed by atoms with E-state index in [0.717, 1.165) is 35.6 Å². The monoisotopic (exact) mass is 444 g/mol. The van der Waals surface area contributed by atoms with Gasteiger partial charge in [0, 0.05) is 19.6 Å². The number of anilines is 3. The van der Waals surface area contributed by atoms with Crippen LogP contribution in [0.4, 0.5) is 17.1 Å². The third kappa shape index (κ3) is 6.08. The lowest BCUT2D eigenvalue weighted by atomic mass is 9.95. The van der Waals surface area contributed by atoms with Gasteiger partial charge in [-0.3, -0.25) is 4.79 Å². The van der Waals surface area contributed by atoms with E-state index in [0.29, 0.717) is 32.4 Å². The Balaban J connectivity index is 1.97. The second kappa shape index (κ2) is 11.6. The molecule has 2 atom stereocenters. The van der Waals surface area contributed by atoms with Gasteiger partial charge in [-0.25, -0.2) is 9.97 Å². The van der Waals surface area contributed by atoms with Gasteiger partial charge in [0.25, 0.3) is 0 Å². The molecule has 174 valence electrons. The first kappa shape index (κ1) is 23.7. The van der Waals surface area contributed by atoms with E-state index in [1.807, 2.05) is 25.1 Å². The second-order valence-corrected chi connectivity index (χ2v) is 7.67. The van der Waals surface area contributed by atoms with Gasteiger partial charge in [-0.1, -0.05) is 13.0 Å². The molecular formula is C23H32N4O5. The van der Waals surface area contributed by atoms with Crippen molar-refractivity contribution in [2.24, 2.45) is 0 Å². The fourth-order valence-corrected chi connectivity index (χ4v) is 3.89. The number of morpholine rings is 1. The molecule has 1 unspecified atom stereocenters. The van der Waals surface area contributed by atoms with Crippen LogP contribution in [-0.2, 0) is 14.3 Å². The lowest BCUT2D eigenvalue weighted by Crippen LogP contribution is -2.45. The molecule has 1 fully saturated rings. The Morgan fingerprint density at radius 3 is 2.78 bits per heavy atom. The number of nitrogens with one attached hydrogen (secondary N) is 1. The van der Waals surface area contributed by atoms with Gasteiger partial charge in [0.2, 0.25) is 0 Å². The molecule has 0 amide bonds. The molecule has 1 aliphatic rings. The zero-order chi connectivity index (χ0) is 22.9. The maximum atomic E-state index is 11.4. The van der Waals surface area contributed by atoms with E-state index in [1.165, 1.54) is 0 Å². The highest BCUT2D eigenvalue weighted by Crippen LogP contribution is 2.35. The summed E-state index contributed by atoms with van der Waals surface area (Å²) in [7, 11) is 1.58. The molecule has 9 heteroatoms. The van der Waals surface area contributed by atoms with Crippen LogP contribution >= 0.6 is 0 Å². The van der Waals surface area contributed by atoms with Crippen molar-refractivity contribution in [1.29, 1.82) is 0 Å². The number of nitrogens with zero attached hydrogens (tertiary/aromatic N) is 3. The SMILES string of the molecule is CCOc1ncc(Nc2cc([C@H](COC)CC(=O)O)ccc2N2CCOCC2CC)cn1. The van der Waals surface area contributed by atoms with Gasteiger partial charge in [0.1, 0.15) is 0 Å². The highest BCUT2D eigenvalue weighted by Gasteiger charge is 2.25. The van der Waals surface area contributed by atoms with E-state index in [4.69, 9.17) is 14.2 Å². The zero-order valence-electron chi connectivity index (χ0n) is 18.9. The van der Waals surface area contributed by atoms with Crippen molar-refractivity contribution in [2.45, 2.75) is 38.6 Å². The van der Waals surface area contributed by atoms with Crippen molar-refractivity contribution >= 4 is 23.0 Å². The molecule has 1 aromatic heterocycles. The van der Waals surface area contributed by atoms with Crippen LogP contribution in [0.25, 0.3) is 0 Å². The quantitative estimate of drug-likeness (QED) is 0.539. The minimum absolute atomic E-state index is 0.00602. The number of aliphatic carboxylic acids is 1. The number of carboxylic acids is 1. The molecular weight excluding hydrogens is 412 g/mol. The Labute approximate surface area is 188 Å². The summed E-state index contributed by atoms with van der Waals surface area (Å²) in [4.78, 5) is 22.2. The number of hydrogen-bond acceptors (Lipinski definition) is 8. The first-order chi connectivity index (χ1) is 15.5. The van der Waals surface area contributed by atoms with E-state index in [9.17, 15) is 9.90 Å². The van der Waals surface area contributed by atoms with Crippen LogP contribution in [0.15, 0.2) is 30.6 Å². The van der Waals surface area contributed by atoms with Gasteiger partial charge in [-0.05, 0) is 31.0 Å². The van der Waals surface area contributed by atoms with Gasteiger partial charge in [-0.15, -0.1) is 0 Å². The number of ether oxygens (including phenoxy) is 3. The highest BCUT2D eigenvalue weighted by molar-refractivity contribution is 5.77. The minimum Gasteiger partial charge on any atom is -0.481 e. The third-order valence-corrected chi connectivity index (χ3v) is 5.47. The number of methoxy groups -OCH3 is 1. The van der Waals surface area contributed by atoms with E-state index >= 15 is 0 Å². The smallest absolute Gasteiger partial charge is 0.316 e. The largest absolute Gasteiger partial charge is 0.481 e. The van der Waals surface area contributed by atoms with E-state index in [-0.39, 0.29) is 18.4 Å². The predicted molar refractivity (Wildman–Crippen MR) is 122 cm³/mol. The average Bonchev–Trinajstić information content (AvgIpc) is 2.80. The van der Waals surface area contributed by atoms with Gasteiger partial charge < -0.3 is 29.5 Å². The first-order valence-corrected chi connectivity index (χ1v) is 11.0. The summed E-state index contributed by atoms with van der Waals surface area (Å²) in [6, 6.07) is 6.63. The summed E-state index contributed by atoms with van der Waals surface area (Å²) in [6.07, 6.45) is 4.30. The van der Waals surface area contributed by atoms with Crippen LogP contribution in [0.5, 0.6) is 6.01 Å². The molecule has 1 aliphatic heterocycles. The zero-order valence-corrected chi connectivity index (χ0v) is 18.9. The molecule has 2 heterocycles. The van der Waals surface area contributed by atoms with Crippen molar-refractivity contribution in [3.63, 3.8) is 0 Å². The topological polar surface area (TPSA) is 106 Å². The summed E-state index contributed by atoms with van der Waals surface area (Å²) in [5, 5.41) is 12.8. The number of benzene rings is 1. The molecule has 0 aliphatic carbocycles. The summed E-state index contributed by atoms with van der Waals surface area (Å²) < 4.78 is 16.3. The number of carboxylic acid groups (broad SMARTS) is 1. The maximum Gasteiger partial charge on any atom is 0.316 e. The summed E-state index contributed by atoms with van der Waals surface area (Å²) in [5.41, 5.74) is 3.51. The highest BCUT2D eigenvalue weighted by atomic mass is 16.5. The van der Waals surface area contributed by atoms with E-state index < -0.39 is 5.97 Å². The van der Waals surface area contributed by atoms with Crippen LogP contribution < -0.4 is 15.0 Å². The summed E-state index contributed by atoms with van der Waals surface area (Å²) in [5.74, 6) is -1.11.